The molecule has 0 N–H and O–H groups in total. The average molecular weight is 453 g/mol. The van der Waals surface area contributed by atoms with E-state index in [9.17, 15) is 0 Å². The molecule has 0 saturated carbocycles. The van der Waals surface area contributed by atoms with E-state index >= 15 is 0 Å². The summed E-state index contributed by atoms with van der Waals surface area (Å²) in [5, 5.41) is 0. The number of benzene rings is 1. The number of rotatable bonds is 23. The van der Waals surface area contributed by atoms with Crippen molar-refractivity contribution in [3.63, 3.8) is 0 Å². The van der Waals surface area contributed by atoms with Crippen molar-refractivity contribution < 1.29 is 9.47 Å². The van der Waals surface area contributed by atoms with Gasteiger partial charge in [0.05, 0.1) is 12.7 Å². The fraction of sp³-hybridized carbons (Fsp3) is 0.786. The van der Waals surface area contributed by atoms with E-state index in [4.69, 9.17) is 21.1 Å². The first-order valence-electron chi connectivity index (χ1n) is 13.2. The predicted molar refractivity (Wildman–Crippen MR) is 137 cm³/mol. The summed E-state index contributed by atoms with van der Waals surface area (Å²) in [7, 11) is 0. The van der Waals surface area contributed by atoms with Crippen LogP contribution in [0.1, 0.15) is 116 Å². The number of unbranched alkanes of at least 4 members (excludes halogenated alkanes) is 15. The maximum atomic E-state index is 6.07. The fourth-order valence-corrected chi connectivity index (χ4v) is 4.26. The fourth-order valence-electron chi connectivity index (χ4n) is 4.02. The topological polar surface area (TPSA) is 18.5 Å². The van der Waals surface area contributed by atoms with Gasteiger partial charge in [0.15, 0.2) is 0 Å². The molecule has 0 bridgehead atoms. The number of alkyl halides is 1. The van der Waals surface area contributed by atoms with Gasteiger partial charge < -0.3 is 9.47 Å². The van der Waals surface area contributed by atoms with Crippen molar-refractivity contribution in [2.45, 2.75) is 122 Å². The maximum Gasteiger partial charge on any atom is 0.119 e. The predicted octanol–water partition coefficient (Wildman–Crippen LogP) is 9.34. The Kier molecular flexibility index (Phi) is 20.5. The second-order valence-electron chi connectivity index (χ2n) is 8.90. The molecule has 1 atom stereocenters. The van der Waals surface area contributed by atoms with Crippen LogP contribution < -0.4 is 4.74 Å². The summed E-state index contributed by atoms with van der Waals surface area (Å²) in [6.07, 6.45) is 23.7. The first-order chi connectivity index (χ1) is 15.4. The number of para-hydroxylation sites is 1. The third kappa shape index (κ3) is 18.5. The Bertz CT molecular complexity index is 465. The van der Waals surface area contributed by atoms with Gasteiger partial charge in [-0.25, -0.2) is 0 Å². The van der Waals surface area contributed by atoms with Crippen molar-refractivity contribution in [3.8, 4) is 5.75 Å². The lowest BCUT2D eigenvalue weighted by molar-refractivity contribution is 0.0404. The molecule has 1 unspecified atom stereocenters. The summed E-state index contributed by atoms with van der Waals surface area (Å²) in [4.78, 5) is 0. The minimum Gasteiger partial charge on any atom is -0.491 e. The highest BCUT2D eigenvalue weighted by molar-refractivity contribution is 6.18. The van der Waals surface area contributed by atoms with Gasteiger partial charge in [-0.05, 0) is 18.6 Å². The standard InChI is InChI=1S/C28H49ClO2/c1-2-3-4-5-6-7-8-9-10-11-12-13-14-15-16-18-23-28(26-29)31-25-24-30-27-21-19-17-20-22-27/h17,19-22,28H,2-16,18,23-26H2,1H3. The van der Waals surface area contributed by atoms with Crippen molar-refractivity contribution in [2.24, 2.45) is 0 Å². The van der Waals surface area contributed by atoms with Crippen molar-refractivity contribution in [1.82, 2.24) is 0 Å². The lowest BCUT2D eigenvalue weighted by Gasteiger charge is -2.15. The van der Waals surface area contributed by atoms with Gasteiger partial charge in [-0.15, -0.1) is 11.6 Å². The van der Waals surface area contributed by atoms with Gasteiger partial charge in [0.2, 0.25) is 0 Å². The molecule has 1 rings (SSSR count). The van der Waals surface area contributed by atoms with E-state index in [1.807, 2.05) is 30.3 Å². The monoisotopic (exact) mass is 452 g/mol. The van der Waals surface area contributed by atoms with Crippen LogP contribution in [-0.2, 0) is 4.74 Å². The summed E-state index contributed by atoms with van der Waals surface area (Å²) in [5.74, 6) is 1.47. The Morgan fingerprint density at radius 1 is 0.645 bits per heavy atom. The Morgan fingerprint density at radius 3 is 1.61 bits per heavy atom. The molecule has 0 fully saturated rings. The van der Waals surface area contributed by atoms with E-state index in [1.165, 1.54) is 103 Å². The minimum atomic E-state index is 0.160. The Morgan fingerprint density at radius 2 is 1.13 bits per heavy atom. The van der Waals surface area contributed by atoms with E-state index in [1.54, 1.807) is 0 Å². The Balaban J connectivity index is 1.80. The van der Waals surface area contributed by atoms with Gasteiger partial charge in [0.1, 0.15) is 12.4 Å². The zero-order chi connectivity index (χ0) is 22.2. The van der Waals surface area contributed by atoms with Crippen LogP contribution in [0.25, 0.3) is 0 Å². The van der Waals surface area contributed by atoms with Crippen LogP contribution in [0.5, 0.6) is 5.75 Å². The number of ether oxygens (including phenoxy) is 2. The van der Waals surface area contributed by atoms with Crippen LogP contribution in [-0.4, -0.2) is 25.2 Å². The molecule has 180 valence electrons. The number of halogens is 1. The third-order valence-corrected chi connectivity index (χ3v) is 6.34. The van der Waals surface area contributed by atoms with E-state index in [2.05, 4.69) is 6.92 Å². The molecular formula is C28H49ClO2. The van der Waals surface area contributed by atoms with E-state index in [0.717, 1.165) is 12.2 Å². The van der Waals surface area contributed by atoms with Crippen molar-refractivity contribution >= 4 is 11.6 Å². The second-order valence-corrected chi connectivity index (χ2v) is 9.21. The Labute approximate surface area is 198 Å². The second kappa shape index (κ2) is 22.5. The quantitative estimate of drug-likeness (QED) is 0.121. The van der Waals surface area contributed by atoms with E-state index in [0.29, 0.717) is 19.1 Å². The van der Waals surface area contributed by atoms with Crippen LogP contribution in [0.2, 0.25) is 0 Å². The highest BCUT2D eigenvalue weighted by Crippen LogP contribution is 2.15. The molecule has 0 spiro atoms. The molecule has 0 aliphatic rings. The summed E-state index contributed by atoms with van der Waals surface area (Å²) >= 11 is 6.07. The Hall–Kier alpha value is -0.730. The van der Waals surface area contributed by atoms with Gasteiger partial charge in [0.25, 0.3) is 0 Å². The lowest BCUT2D eigenvalue weighted by Crippen LogP contribution is -2.18. The summed E-state index contributed by atoms with van der Waals surface area (Å²) in [6, 6.07) is 9.89. The minimum absolute atomic E-state index is 0.160. The number of hydrogen-bond acceptors (Lipinski definition) is 2. The summed E-state index contributed by atoms with van der Waals surface area (Å²) in [5.41, 5.74) is 0. The maximum absolute atomic E-state index is 6.07. The summed E-state index contributed by atoms with van der Waals surface area (Å²) < 4.78 is 11.5. The van der Waals surface area contributed by atoms with Gasteiger partial charge in [-0.2, -0.15) is 0 Å². The zero-order valence-corrected chi connectivity index (χ0v) is 21.1. The highest BCUT2D eigenvalue weighted by atomic mass is 35.5. The molecule has 0 heterocycles. The molecule has 0 aliphatic carbocycles. The van der Waals surface area contributed by atoms with Gasteiger partial charge >= 0.3 is 0 Å². The molecule has 0 aromatic heterocycles. The van der Waals surface area contributed by atoms with Crippen LogP contribution in [0.15, 0.2) is 30.3 Å². The van der Waals surface area contributed by atoms with Crippen LogP contribution >= 0.6 is 11.6 Å². The lowest BCUT2D eigenvalue weighted by atomic mass is 10.0. The molecule has 0 amide bonds. The zero-order valence-electron chi connectivity index (χ0n) is 20.3. The molecule has 31 heavy (non-hydrogen) atoms. The molecule has 0 saturated heterocycles. The highest BCUT2D eigenvalue weighted by Gasteiger charge is 2.07. The molecule has 0 radical (unpaired) electrons. The number of hydrogen-bond donors (Lipinski definition) is 0. The molecule has 2 nitrogen and oxygen atoms in total. The first-order valence-corrected chi connectivity index (χ1v) is 13.8. The third-order valence-electron chi connectivity index (χ3n) is 6.00. The van der Waals surface area contributed by atoms with Crippen LogP contribution in [0.4, 0.5) is 0 Å². The summed E-state index contributed by atoms with van der Waals surface area (Å²) in [6.45, 7) is 3.47. The van der Waals surface area contributed by atoms with Crippen molar-refractivity contribution in [1.29, 1.82) is 0 Å². The largest absolute Gasteiger partial charge is 0.491 e. The molecule has 1 aromatic carbocycles. The first kappa shape index (κ1) is 28.3. The van der Waals surface area contributed by atoms with Gasteiger partial charge in [0, 0.05) is 5.88 Å². The smallest absolute Gasteiger partial charge is 0.119 e. The SMILES string of the molecule is CCCCCCCCCCCCCCCCCCC(CCl)OCCOc1ccccc1. The molecular weight excluding hydrogens is 404 g/mol. The van der Waals surface area contributed by atoms with Crippen LogP contribution in [0, 0.1) is 0 Å². The molecule has 0 aliphatic heterocycles. The van der Waals surface area contributed by atoms with Crippen LogP contribution in [0.3, 0.4) is 0 Å². The van der Waals surface area contributed by atoms with E-state index < -0.39 is 0 Å². The molecule has 1 aromatic rings. The van der Waals surface area contributed by atoms with E-state index in [-0.39, 0.29) is 6.10 Å². The molecule has 3 heteroatoms. The normalized spacial score (nSPS) is 12.2. The van der Waals surface area contributed by atoms with Crippen molar-refractivity contribution in [2.75, 3.05) is 19.1 Å². The average Bonchev–Trinajstić information content (AvgIpc) is 2.80. The van der Waals surface area contributed by atoms with Gasteiger partial charge in [-0.1, -0.05) is 128 Å². The van der Waals surface area contributed by atoms with Crippen molar-refractivity contribution in [3.05, 3.63) is 30.3 Å². The van der Waals surface area contributed by atoms with Gasteiger partial charge in [-0.3, -0.25) is 0 Å².